The summed E-state index contributed by atoms with van der Waals surface area (Å²) < 4.78 is 0. The summed E-state index contributed by atoms with van der Waals surface area (Å²) in [5.74, 6) is 2.16. The van der Waals surface area contributed by atoms with Crippen LogP contribution in [0.4, 0.5) is 0 Å². The molecule has 1 spiro atoms. The summed E-state index contributed by atoms with van der Waals surface area (Å²) in [5, 5.41) is 0. The first-order chi connectivity index (χ1) is 10.1. The highest BCUT2D eigenvalue weighted by Crippen LogP contribution is 2.52. The fraction of sp³-hybridized carbons (Fsp3) is 0.611. The smallest absolute Gasteiger partial charge is 0.192 e. The van der Waals surface area contributed by atoms with Crippen LogP contribution in [0.25, 0.3) is 0 Å². The van der Waals surface area contributed by atoms with Crippen molar-refractivity contribution in [3.63, 3.8) is 0 Å². The third-order valence-corrected chi connectivity index (χ3v) is 6.03. The lowest BCUT2D eigenvalue weighted by Crippen LogP contribution is -2.60. The summed E-state index contributed by atoms with van der Waals surface area (Å²) in [6, 6.07) is 9.44. The van der Waals surface area contributed by atoms with Gasteiger partial charge >= 0.3 is 0 Å². The van der Waals surface area contributed by atoms with E-state index in [9.17, 15) is 0 Å². The van der Waals surface area contributed by atoms with Crippen molar-refractivity contribution >= 4 is 5.96 Å². The van der Waals surface area contributed by atoms with Gasteiger partial charge in [-0.3, -0.25) is 4.99 Å². The average molecular weight is 283 g/mol. The lowest BCUT2D eigenvalue weighted by molar-refractivity contribution is 0.0780. The third-order valence-electron chi connectivity index (χ3n) is 6.03. The molecule has 2 bridgehead atoms. The van der Waals surface area contributed by atoms with Gasteiger partial charge in [-0.25, -0.2) is 0 Å². The molecule has 112 valence electrons. The van der Waals surface area contributed by atoms with Crippen molar-refractivity contribution in [2.75, 3.05) is 6.54 Å². The Hall–Kier alpha value is -1.51. The number of aliphatic imine (C=N–C) groups is 1. The molecule has 1 aromatic rings. The molecule has 1 aliphatic heterocycles. The minimum atomic E-state index is 0.178. The van der Waals surface area contributed by atoms with Crippen molar-refractivity contribution in [1.82, 2.24) is 4.90 Å². The van der Waals surface area contributed by atoms with Gasteiger partial charge in [-0.2, -0.15) is 0 Å². The molecule has 0 radical (unpaired) electrons. The van der Waals surface area contributed by atoms with Gasteiger partial charge in [0.05, 0.1) is 12.1 Å². The molecule has 1 heterocycles. The van der Waals surface area contributed by atoms with E-state index in [0.29, 0.717) is 17.9 Å². The summed E-state index contributed by atoms with van der Waals surface area (Å²) in [6.07, 6.45) is 5.04. The van der Waals surface area contributed by atoms with Gasteiger partial charge in [-0.1, -0.05) is 24.3 Å². The summed E-state index contributed by atoms with van der Waals surface area (Å²) in [7, 11) is 0. The van der Waals surface area contributed by atoms with Crippen LogP contribution in [0, 0.1) is 11.8 Å². The Morgan fingerprint density at radius 3 is 2.24 bits per heavy atom. The zero-order valence-electron chi connectivity index (χ0n) is 13.0. The summed E-state index contributed by atoms with van der Waals surface area (Å²) in [6.45, 7) is 5.42. The molecular weight excluding hydrogens is 258 g/mol. The predicted octanol–water partition coefficient (Wildman–Crippen LogP) is 2.59. The fourth-order valence-corrected chi connectivity index (χ4v) is 5.25. The Morgan fingerprint density at radius 1 is 1.14 bits per heavy atom. The van der Waals surface area contributed by atoms with Gasteiger partial charge in [0, 0.05) is 6.04 Å². The molecule has 3 nitrogen and oxygen atoms in total. The van der Waals surface area contributed by atoms with Crippen LogP contribution < -0.4 is 5.73 Å². The average Bonchev–Trinajstić information content (AvgIpc) is 2.89. The van der Waals surface area contributed by atoms with E-state index in [0.717, 1.165) is 12.5 Å². The van der Waals surface area contributed by atoms with E-state index in [1.54, 1.807) is 11.1 Å². The minimum Gasteiger partial charge on any atom is -0.370 e. The van der Waals surface area contributed by atoms with Crippen molar-refractivity contribution in [2.45, 2.75) is 51.1 Å². The molecule has 2 aliphatic carbocycles. The van der Waals surface area contributed by atoms with Gasteiger partial charge < -0.3 is 10.6 Å². The number of rotatable bonds is 1. The third kappa shape index (κ3) is 1.69. The van der Waals surface area contributed by atoms with Crippen LogP contribution in [-0.2, 0) is 12.8 Å². The fourth-order valence-electron chi connectivity index (χ4n) is 5.25. The maximum atomic E-state index is 6.27. The second-order valence-electron chi connectivity index (χ2n) is 7.28. The molecule has 1 saturated carbocycles. The first-order valence-corrected chi connectivity index (χ1v) is 8.29. The van der Waals surface area contributed by atoms with Crippen molar-refractivity contribution in [3.05, 3.63) is 35.4 Å². The Bertz CT molecular complexity index is 557. The normalized spacial score (nSPS) is 34.2. The topological polar surface area (TPSA) is 41.6 Å². The highest BCUT2D eigenvalue weighted by Gasteiger charge is 2.58. The quantitative estimate of drug-likeness (QED) is 0.860. The molecule has 3 heteroatoms. The van der Waals surface area contributed by atoms with Crippen LogP contribution >= 0.6 is 0 Å². The molecule has 1 fully saturated rings. The standard InChI is InChI=1S/C18H25N3/c1-12(2)21-17(19)20-11-18(21)15-7-8-16(18)10-14-6-4-3-5-13(14)9-15/h3-6,12,15-16H,7-11H2,1-2H3,(H2,19,20). The first kappa shape index (κ1) is 13.2. The number of nitrogens with two attached hydrogens (primary N) is 1. The number of guanidine groups is 1. The Labute approximate surface area is 127 Å². The number of hydrogen-bond acceptors (Lipinski definition) is 3. The summed E-state index contributed by atoms with van der Waals surface area (Å²) in [4.78, 5) is 7.14. The maximum Gasteiger partial charge on any atom is 0.192 e. The van der Waals surface area contributed by atoms with Crippen LogP contribution in [0.15, 0.2) is 29.3 Å². The van der Waals surface area contributed by atoms with Gasteiger partial charge in [-0.05, 0) is 62.5 Å². The van der Waals surface area contributed by atoms with E-state index in [1.807, 2.05) is 0 Å². The molecule has 2 N–H and O–H groups in total. The molecule has 0 saturated heterocycles. The molecule has 21 heavy (non-hydrogen) atoms. The van der Waals surface area contributed by atoms with Crippen LogP contribution in [0.5, 0.6) is 0 Å². The highest BCUT2D eigenvalue weighted by molar-refractivity contribution is 5.81. The van der Waals surface area contributed by atoms with Crippen LogP contribution in [0.1, 0.15) is 37.8 Å². The second kappa shape index (κ2) is 4.49. The van der Waals surface area contributed by atoms with E-state index in [1.165, 1.54) is 25.7 Å². The molecular formula is C18H25N3. The molecule has 2 atom stereocenters. The zero-order valence-corrected chi connectivity index (χ0v) is 13.0. The molecule has 2 unspecified atom stereocenters. The Morgan fingerprint density at radius 2 is 1.71 bits per heavy atom. The zero-order chi connectivity index (χ0) is 14.6. The van der Waals surface area contributed by atoms with E-state index < -0.39 is 0 Å². The molecule has 0 amide bonds. The summed E-state index contributed by atoms with van der Waals surface area (Å²) in [5.41, 5.74) is 9.56. The lowest BCUT2D eigenvalue weighted by atomic mass is 9.77. The maximum absolute atomic E-state index is 6.27. The SMILES string of the molecule is CC(C)N1C(N)=NCC12C1CCC2Cc2ccccc2C1. The van der Waals surface area contributed by atoms with Gasteiger partial charge in [0.1, 0.15) is 0 Å². The Balaban J connectivity index is 1.79. The molecule has 3 aliphatic rings. The van der Waals surface area contributed by atoms with Gasteiger partial charge in [0.25, 0.3) is 0 Å². The van der Waals surface area contributed by atoms with Gasteiger partial charge in [0.2, 0.25) is 0 Å². The lowest BCUT2D eigenvalue weighted by Gasteiger charge is -2.46. The summed E-state index contributed by atoms with van der Waals surface area (Å²) >= 11 is 0. The monoisotopic (exact) mass is 283 g/mol. The van der Waals surface area contributed by atoms with E-state index in [-0.39, 0.29) is 5.54 Å². The number of hydrogen-bond donors (Lipinski definition) is 1. The predicted molar refractivity (Wildman–Crippen MR) is 86.3 cm³/mol. The molecule has 0 aromatic heterocycles. The van der Waals surface area contributed by atoms with Crippen LogP contribution in [-0.4, -0.2) is 29.0 Å². The molecule has 4 rings (SSSR count). The first-order valence-electron chi connectivity index (χ1n) is 8.29. The van der Waals surface area contributed by atoms with E-state index in [4.69, 9.17) is 5.73 Å². The largest absolute Gasteiger partial charge is 0.370 e. The van der Waals surface area contributed by atoms with Crippen molar-refractivity contribution < 1.29 is 0 Å². The van der Waals surface area contributed by atoms with Crippen LogP contribution in [0.2, 0.25) is 0 Å². The number of benzene rings is 1. The molecule has 1 aromatic carbocycles. The number of fused-ring (bicyclic) bond motifs is 1. The number of nitrogens with zero attached hydrogens (tertiary/aromatic N) is 2. The van der Waals surface area contributed by atoms with Gasteiger partial charge in [-0.15, -0.1) is 0 Å². The van der Waals surface area contributed by atoms with Crippen molar-refractivity contribution in [1.29, 1.82) is 0 Å². The second-order valence-corrected chi connectivity index (χ2v) is 7.28. The minimum absolute atomic E-state index is 0.178. The Kier molecular flexibility index (Phi) is 2.82. The van der Waals surface area contributed by atoms with E-state index >= 15 is 0 Å². The van der Waals surface area contributed by atoms with Crippen molar-refractivity contribution in [3.8, 4) is 0 Å². The van der Waals surface area contributed by atoms with Crippen LogP contribution in [0.3, 0.4) is 0 Å². The van der Waals surface area contributed by atoms with Crippen molar-refractivity contribution in [2.24, 2.45) is 22.6 Å². The highest BCUT2D eigenvalue weighted by atomic mass is 15.4. The van der Waals surface area contributed by atoms with Gasteiger partial charge in [0.15, 0.2) is 5.96 Å². The van der Waals surface area contributed by atoms with E-state index in [2.05, 4.69) is 48.0 Å².